The predicted octanol–water partition coefficient (Wildman–Crippen LogP) is 4.17. The van der Waals surface area contributed by atoms with Gasteiger partial charge in [-0.25, -0.2) is 14.6 Å². The van der Waals surface area contributed by atoms with Gasteiger partial charge in [0.1, 0.15) is 9.71 Å². The van der Waals surface area contributed by atoms with E-state index in [-0.39, 0.29) is 40.3 Å². The Hall–Kier alpha value is -4.20. The fraction of sp³-hybridized carbons (Fsp3) is 0.273. The minimum absolute atomic E-state index is 0.152. The van der Waals surface area contributed by atoms with E-state index in [2.05, 4.69) is 25.1 Å². The molecule has 0 radical (unpaired) electrons. The summed E-state index contributed by atoms with van der Waals surface area (Å²) in [7, 11) is 0. The van der Waals surface area contributed by atoms with Crippen LogP contribution in [0.5, 0.6) is 11.5 Å². The first-order valence-electron chi connectivity index (χ1n) is 10.9. The summed E-state index contributed by atoms with van der Waals surface area (Å²) < 4.78 is 35.9. The number of benzene rings is 1. The number of rotatable bonds is 3. The number of likely N-dealkylation sites (tertiary alicyclic amines) is 1. The molecule has 3 aliphatic rings. The second-order valence-electron chi connectivity index (χ2n) is 8.42. The van der Waals surface area contributed by atoms with Gasteiger partial charge in [-0.2, -0.15) is 0 Å². The molecule has 5 heterocycles. The molecule has 1 saturated heterocycles. The average molecular weight is 517 g/mol. The van der Waals surface area contributed by atoms with Gasteiger partial charge in [-0.15, -0.1) is 20.1 Å². The lowest BCUT2D eigenvalue weighted by molar-refractivity contribution is -0.286. The fourth-order valence-corrected chi connectivity index (χ4v) is 5.62. The van der Waals surface area contributed by atoms with Crippen molar-refractivity contribution in [1.29, 1.82) is 0 Å². The second kappa shape index (κ2) is 7.91. The van der Waals surface area contributed by atoms with E-state index in [0.29, 0.717) is 35.3 Å². The van der Waals surface area contributed by atoms with Crippen LogP contribution in [0.2, 0.25) is 0 Å². The summed E-state index contributed by atoms with van der Waals surface area (Å²) in [6.45, 7) is 0.584. The van der Waals surface area contributed by atoms with Crippen molar-refractivity contribution in [3.8, 4) is 11.5 Å². The quantitative estimate of drug-likeness (QED) is 0.475. The number of hydrogen-bond donors (Lipinski definition) is 3. The Morgan fingerprint density at radius 2 is 2.06 bits per heavy atom. The number of halogens is 2. The van der Waals surface area contributed by atoms with Crippen LogP contribution < -0.4 is 25.0 Å². The largest absolute Gasteiger partial charge is 0.586 e. The first-order valence-corrected chi connectivity index (χ1v) is 11.7. The molecule has 3 aliphatic heterocycles. The molecule has 1 unspecified atom stereocenters. The van der Waals surface area contributed by atoms with E-state index in [0.717, 1.165) is 11.3 Å². The summed E-state index contributed by atoms with van der Waals surface area (Å²) in [5, 5.41) is 15.4. The number of pyridine rings is 1. The molecule has 186 valence electrons. The monoisotopic (exact) mass is 517 g/mol. The Morgan fingerprint density at radius 1 is 1.25 bits per heavy atom. The third kappa shape index (κ3) is 3.61. The van der Waals surface area contributed by atoms with Gasteiger partial charge in [0, 0.05) is 31.4 Å². The number of piperidine rings is 1. The van der Waals surface area contributed by atoms with Crippen LogP contribution in [0.1, 0.15) is 22.5 Å². The summed E-state index contributed by atoms with van der Waals surface area (Å²) in [5.41, 5.74) is 0.947. The Bertz CT molecular complexity index is 1450. The number of fused-ring (bicyclic) bond motifs is 1. The summed E-state index contributed by atoms with van der Waals surface area (Å²) in [6, 6.07) is 4.60. The van der Waals surface area contributed by atoms with Gasteiger partial charge in [0.15, 0.2) is 11.5 Å². The van der Waals surface area contributed by atoms with Gasteiger partial charge in [0.05, 0.1) is 22.4 Å². The smallest absolute Gasteiger partial charge is 0.465 e. The summed E-state index contributed by atoms with van der Waals surface area (Å²) in [6.07, 6.45) is -2.10. The molecular weight excluding hydrogens is 500 g/mol. The minimum atomic E-state index is -3.79. The standard InChI is InChI=1S/C22H17F2N5O6S/c23-22(24)34-13-4-3-11(8-14(13)35-22)29-12-5-6-25-19-15(12)16(27-20(29)31)17(36-19)18(30)26-10-2-1-7-28(9-10)21(32)33/h3-6,8,10H,1-2,7,9H2,(H,26,30)(H,27,31)(H,32,33). The number of alkyl halides is 2. The van der Waals surface area contributed by atoms with E-state index in [1.807, 2.05) is 0 Å². The molecule has 14 heteroatoms. The van der Waals surface area contributed by atoms with E-state index in [4.69, 9.17) is 0 Å². The molecule has 2 aromatic heterocycles. The van der Waals surface area contributed by atoms with Gasteiger partial charge in [-0.05, 0) is 31.0 Å². The van der Waals surface area contributed by atoms with E-state index in [9.17, 15) is 28.3 Å². The number of anilines is 3. The molecule has 0 spiro atoms. The van der Waals surface area contributed by atoms with Gasteiger partial charge >= 0.3 is 18.4 Å². The molecule has 3 N–H and O–H groups in total. The first kappa shape index (κ1) is 22.3. The Balaban J connectivity index is 1.34. The molecular formula is C22H17F2N5O6S. The number of nitrogens with zero attached hydrogens (tertiary/aromatic N) is 3. The molecule has 3 aromatic rings. The molecule has 1 atom stereocenters. The highest BCUT2D eigenvalue weighted by Crippen LogP contribution is 2.48. The molecule has 1 aromatic carbocycles. The summed E-state index contributed by atoms with van der Waals surface area (Å²) in [4.78, 5) is 45.2. The van der Waals surface area contributed by atoms with Crippen molar-refractivity contribution in [3.63, 3.8) is 0 Å². The zero-order chi connectivity index (χ0) is 25.2. The van der Waals surface area contributed by atoms with Crippen LogP contribution in [-0.4, -0.2) is 58.4 Å². The van der Waals surface area contributed by atoms with E-state index in [1.54, 1.807) is 6.07 Å². The third-order valence-corrected chi connectivity index (χ3v) is 7.22. The molecule has 0 aliphatic carbocycles. The maximum absolute atomic E-state index is 13.5. The number of aromatic nitrogens is 1. The SMILES string of the molecule is O=C(NC1CCCN(C(=O)O)C1)c1sc2nccc3c2c1NC(=O)N3c1ccc2c(c1)OC(F)(F)O2. The molecule has 0 bridgehead atoms. The number of hydrogen-bond acceptors (Lipinski definition) is 7. The third-order valence-electron chi connectivity index (χ3n) is 6.12. The Labute approximate surface area is 205 Å². The van der Waals surface area contributed by atoms with Crippen LogP contribution in [0.4, 0.5) is 35.4 Å². The number of thiophene rings is 1. The van der Waals surface area contributed by atoms with Crippen LogP contribution in [0.15, 0.2) is 30.5 Å². The highest BCUT2D eigenvalue weighted by atomic mass is 32.1. The molecule has 11 nitrogen and oxygen atoms in total. The van der Waals surface area contributed by atoms with Crippen LogP contribution >= 0.6 is 11.3 Å². The molecule has 4 amide bonds. The number of carbonyl (C=O) groups is 3. The number of urea groups is 1. The number of amides is 4. The lowest BCUT2D eigenvalue weighted by atomic mass is 10.1. The van der Waals surface area contributed by atoms with Crippen LogP contribution in [0.25, 0.3) is 10.2 Å². The van der Waals surface area contributed by atoms with Gasteiger partial charge in [-0.1, -0.05) is 0 Å². The van der Waals surface area contributed by atoms with Crippen molar-refractivity contribution >= 4 is 56.6 Å². The number of ether oxygens (including phenoxy) is 2. The summed E-state index contributed by atoms with van der Waals surface area (Å²) in [5.74, 6) is -0.815. The molecule has 36 heavy (non-hydrogen) atoms. The normalized spacial score (nSPS) is 19.8. The maximum Gasteiger partial charge on any atom is 0.586 e. The zero-order valence-corrected chi connectivity index (χ0v) is 19.1. The number of carboxylic acid groups (broad SMARTS) is 1. The average Bonchev–Trinajstić information content (AvgIpc) is 3.35. The fourth-order valence-electron chi connectivity index (χ4n) is 4.60. The van der Waals surface area contributed by atoms with Crippen LogP contribution in [0.3, 0.4) is 0 Å². The second-order valence-corrected chi connectivity index (χ2v) is 9.42. The number of nitrogens with one attached hydrogen (secondary N) is 2. The van der Waals surface area contributed by atoms with Crippen LogP contribution in [0, 0.1) is 0 Å². The van der Waals surface area contributed by atoms with Crippen LogP contribution in [-0.2, 0) is 0 Å². The highest BCUT2D eigenvalue weighted by Gasteiger charge is 2.44. The van der Waals surface area contributed by atoms with Crippen molar-refractivity contribution in [1.82, 2.24) is 15.2 Å². The lowest BCUT2D eigenvalue weighted by Gasteiger charge is -2.31. The van der Waals surface area contributed by atoms with Gasteiger partial charge in [0.25, 0.3) is 5.91 Å². The zero-order valence-electron chi connectivity index (χ0n) is 18.3. The maximum atomic E-state index is 13.5. The Kier molecular flexibility index (Phi) is 4.90. The first-order chi connectivity index (χ1) is 17.2. The minimum Gasteiger partial charge on any atom is -0.465 e. The van der Waals surface area contributed by atoms with Crippen molar-refractivity contribution in [2.75, 3.05) is 23.3 Å². The molecule has 0 saturated carbocycles. The van der Waals surface area contributed by atoms with E-state index >= 15 is 0 Å². The van der Waals surface area contributed by atoms with E-state index in [1.165, 1.54) is 34.2 Å². The number of carbonyl (C=O) groups excluding carboxylic acids is 2. The van der Waals surface area contributed by atoms with E-state index < -0.39 is 24.3 Å². The Morgan fingerprint density at radius 3 is 2.86 bits per heavy atom. The summed E-state index contributed by atoms with van der Waals surface area (Å²) >= 11 is 1.09. The van der Waals surface area contributed by atoms with Gasteiger partial charge < -0.3 is 30.1 Å². The van der Waals surface area contributed by atoms with Crippen molar-refractivity contribution in [2.24, 2.45) is 0 Å². The highest BCUT2D eigenvalue weighted by molar-refractivity contribution is 7.21. The van der Waals surface area contributed by atoms with Gasteiger partial charge in [0.2, 0.25) is 0 Å². The lowest BCUT2D eigenvalue weighted by Crippen LogP contribution is -2.49. The topological polar surface area (TPSA) is 133 Å². The van der Waals surface area contributed by atoms with Crippen molar-refractivity contribution in [3.05, 3.63) is 35.3 Å². The van der Waals surface area contributed by atoms with Crippen molar-refractivity contribution in [2.45, 2.75) is 25.2 Å². The predicted molar refractivity (Wildman–Crippen MR) is 124 cm³/mol. The molecule has 6 rings (SSSR count). The molecule has 1 fully saturated rings. The van der Waals surface area contributed by atoms with Gasteiger partial charge in [-0.3, -0.25) is 9.69 Å². The van der Waals surface area contributed by atoms with Crippen molar-refractivity contribution < 1.29 is 37.7 Å².